The minimum atomic E-state index is -0.328. The molecular weight excluding hydrogens is 240 g/mol. The van der Waals surface area contributed by atoms with Crippen molar-refractivity contribution in [1.29, 1.82) is 0 Å². The average molecular weight is 264 g/mol. The monoisotopic (exact) mass is 264 g/mol. The van der Waals surface area contributed by atoms with Crippen LogP contribution in [0.5, 0.6) is 5.75 Å². The molecule has 4 heteroatoms. The molecule has 1 aliphatic rings. The molecule has 4 nitrogen and oxygen atoms in total. The number of ether oxygens (including phenoxy) is 1. The van der Waals surface area contributed by atoms with E-state index < -0.39 is 0 Å². The van der Waals surface area contributed by atoms with Crippen LogP contribution in [0.25, 0.3) is 0 Å². The van der Waals surface area contributed by atoms with Crippen LogP contribution in [-0.4, -0.2) is 48.4 Å². The van der Waals surface area contributed by atoms with Crippen molar-refractivity contribution >= 4 is 0 Å². The van der Waals surface area contributed by atoms with Gasteiger partial charge < -0.3 is 15.2 Å². The molecular formula is C15H24N2O2. The lowest BCUT2D eigenvalue weighted by Crippen LogP contribution is -2.58. The first kappa shape index (κ1) is 14.3. The van der Waals surface area contributed by atoms with E-state index >= 15 is 0 Å². The molecule has 2 rings (SSSR count). The maximum Gasteiger partial charge on any atom is 0.119 e. The molecule has 0 amide bonds. The number of nitrogens with one attached hydrogen (secondary N) is 1. The Hall–Kier alpha value is -1.10. The SMILES string of the molecule is COc1cccc(CN2C[C@H](C)NC[C@@H]2[C@H](C)O)c1. The van der Waals surface area contributed by atoms with Crippen LogP contribution in [0.2, 0.25) is 0 Å². The van der Waals surface area contributed by atoms with Gasteiger partial charge in [0.05, 0.1) is 13.2 Å². The van der Waals surface area contributed by atoms with E-state index in [1.807, 2.05) is 19.1 Å². The van der Waals surface area contributed by atoms with Crippen LogP contribution in [0.1, 0.15) is 19.4 Å². The highest BCUT2D eigenvalue weighted by Gasteiger charge is 2.28. The molecule has 19 heavy (non-hydrogen) atoms. The van der Waals surface area contributed by atoms with Crippen molar-refractivity contribution in [3.05, 3.63) is 29.8 Å². The molecule has 0 aliphatic carbocycles. The van der Waals surface area contributed by atoms with Crippen LogP contribution in [0.15, 0.2) is 24.3 Å². The summed E-state index contributed by atoms with van der Waals surface area (Å²) < 4.78 is 5.26. The fourth-order valence-electron chi connectivity index (χ4n) is 2.67. The van der Waals surface area contributed by atoms with E-state index in [9.17, 15) is 5.11 Å². The predicted octanol–water partition coefficient (Wildman–Crippen LogP) is 1.24. The van der Waals surface area contributed by atoms with Crippen LogP contribution in [0.3, 0.4) is 0 Å². The maximum absolute atomic E-state index is 9.91. The second kappa shape index (κ2) is 6.37. The third-order valence-electron chi connectivity index (χ3n) is 3.73. The van der Waals surface area contributed by atoms with Gasteiger partial charge in [-0.1, -0.05) is 12.1 Å². The van der Waals surface area contributed by atoms with Gasteiger partial charge >= 0.3 is 0 Å². The van der Waals surface area contributed by atoms with E-state index in [4.69, 9.17) is 4.74 Å². The van der Waals surface area contributed by atoms with Crippen molar-refractivity contribution in [2.24, 2.45) is 0 Å². The Bertz CT molecular complexity index is 409. The van der Waals surface area contributed by atoms with Crippen molar-refractivity contribution in [1.82, 2.24) is 10.2 Å². The maximum atomic E-state index is 9.91. The number of aliphatic hydroxyl groups excluding tert-OH is 1. The van der Waals surface area contributed by atoms with E-state index in [2.05, 4.69) is 29.3 Å². The number of benzene rings is 1. The Balaban J connectivity index is 2.09. The van der Waals surface area contributed by atoms with E-state index in [0.717, 1.165) is 25.4 Å². The van der Waals surface area contributed by atoms with Gasteiger partial charge in [-0.3, -0.25) is 4.90 Å². The Labute approximate surface area is 115 Å². The number of methoxy groups -OCH3 is 1. The van der Waals surface area contributed by atoms with Crippen LogP contribution in [-0.2, 0) is 6.54 Å². The minimum absolute atomic E-state index is 0.169. The number of nitrogens with zero attached hydrogens (tertiary/aromatic N) is 1. The van der Waals surface area contributed by atoms with Crippen molar-refractivity contribution in [2.45, 2.75) is 38.6 Å². The molecule has 3 atom stereocenters. The normalized spacial score (nSPS) is 26.1. The van der Waals surface area contributed by atoms with Gasteiger partial charge in [-0.25, -0.2) is 0 Å². The first-order chi connectivity index (χ1) is 9.10. The highest BCUT2D eigenvalue weighted by Crippen LogP contribution is 2.18. The third-order valence-corrected chi connectivity index (χ3v) is 3.73. The van der Waals surface area contributed by atoms with Crippen molar-refractivity contribution in [2.75, 3.05) is 20.2 Å². The van der Waals surface area contributed by atoms with Gasteiger partial charge in [0.1, 0.15) is 5.75 Å². The minimum Gasteiger partial charge on any atom is -0.497 e. The summed E-state index contributed by atoms with van der Waals surface area (Å²) in [7, 11) is 1.69. The molecule has 0 bridgehead atoms. The van der Waals surface area contributed by atoms with Gasteiger partial charge in [-0.2, -0.15) is 0 Å². The second-order valence-electron chi connectivity index (χ2n) is 5.40. The smallest absolute Gasteiger partial charge is 0.119 e. The number of aliphatic hydroxyl groups is 1. The summed E-state index contributed by atoms with van der Waals surface area (Å²) in [6.45, 7) is 6.67. The summed E-state index contributed by atoms with van der Waals surface area (Å²) in [4.78, 5) is 2.35. The van der Waals surface area contributed by atoms with E-state index in [0.29, 0.717) is 6.04 Å². The van der Waals surface area contributed by atoms with Gasteiger partial charge in [0.25, 0.3) is 0 Å². The molecule has 0 unspecified atom stereocenters. The summed E-state index contributed by atoms with van der Waals surface area (Å²) >= 11 is 0. The topological polar surface area (TPSA) is 44.7 Å². The van der Waals surface area contributed by atoms with Crippen molar-refractivity contribution in [3.63, 3.8) is 0 Å². The highest BCUT2D eigenvalue weighted by atomic mass is 16.5. The molecule has 1 aromatic carbocycles. The van der Waals surface area contributed by atoms with Crippen LogP contribution >= 0.6 is 0 Å². The Morgan fingerprint density at radius 1 is 1.53 bits per heavy atom. The van der Waals surface area contributed by atoms with Gasteiger partial charge in [0.2, 0.25) is 0 Å². The molecule has 0 radical (unpaired) electrons. The first-order valence-corrected chi connectivity index (χ1v) is 6.88. The summed E-state index contributed by atoms with van der Waals surface area (Å²) in [5.74, 6) is 0.884. The number of rotatable bonds is 4. The zero-order valence-corrected chi connectivity index (χ0v) is 12.0. The Kier molecular flexibility index (Phi) is 4.80. The molecule has 1 heterocycles. The fraction of sp³-hybridized carbons (Fsp3) is 0.600. The van der Waals surface area contributed by atoms with Gasteiger partial charge in [-0.05, 0) is 31.5 Å². The van der Waals surface area contributed by atoms with Crippen LogP contribution in [0.4, 0.5) is 0 Å². The molecule has 2 N–H and O–H groups in total. The largest absolute Gasteiger partial charge is 0.497 e. The predicted molar refractivity (Wildman–Crippen MR) is 76.3 cm³/mol. The average Bonchev–Trinajstić information content (AvgIpc) is 2.38. The number of hydrogen-bond donors (Lipinski definition) is 2. The van der Waals surface area contributed by atoms with Crippen molar-refractivity contribution in [3.8, 4) is 5.75 Å². The van der Waals surface area contributed by atoms with E-state index in [1.54, 1.807) is 7.11 Å². The zero-order chi connectivity index (χ0) is 13.8. The molecule has 1 aromatic rings. The first-order valence-electron chi connectivity index (χ1n) is 6.88. The summed E-state index contributed by atoms with van der Waals surface area (Å²) in [5.41, 5.74) is 1.22. The molecule has 106 valence electrons. The van der Waals surface area contributed by atoms with Crippen molar-refractivity contribution < 1.29 is 9.84 Å². The Morgan fingerprint density at radius 3 is 3.00 bits per heavy atom. The summed E-state index contributed by atoms with van der Waals surface area (Å²) in [6, 6.07) is 8.76. The van der Waals surface area contributed by atoms with E-state index in [1.165, 1.54) is 5.56 Å². The highest BCUT2D eigenvalue weighted by molar-refractivity contribution is 5.28. The molecule has 0 spiro atoms. The molecule has 1 aliphatic heterocycles. The van der Waals surface area contributed by atoms with Gasteiger partial charge in [0.15, 0.2) is 0 Å². The Morgan fingerprint density at radius 2 is 2.32 bits per heavy atom. The van der Waals surface area contributed by atoms with Crippen LogP contribution < -0.4 is 10.1 Å². The second-order valence-corrected chi connectivity index (χ2v) is 5.40. The molecule has 0 saturated carbocycles. The van der Waals surface area contributed by atoms with Gasteiger partial charge in [0, 0.05) is 31.7 Å². The van der Waals surface area contributed by atoms with Crippen LogP contribution in [0, 0.1) is 0 Å². The zero-order valence-electron chi connectivity index (χ0n) is 12.0. The van der Waals surface area contributed by atoms with E-state index in [-0.39, 0.29) is 12.1 Å². The molecule has 1 saturated heterocycles. The number of piperazine rings is 1. The lowest BCUT2D eigenvalue weighted by Gasteiger charge is -2.40. The summed E-state index contributed by atoms with van der Waals surface area (Å²) in [5, 5.41) is 13.3. The van der Waals surface area contributed by atoms with Gasteiger partial charge in [-0.15, -0.1) is 0 Å². The number of hydrogen-bond acceptors (Lipinski definition) is 4. The molecule has 1 fully saturated rings. The standard InChI is InChI=1S/C15H24N2O2/c1-11-9-17(15(8-16-11)12(2)18)10-13-5-4-6-14(7-13)19-3/h4-7,11-12,15-16,18H,8-10H2,1-3H3/t11-,12-,15+/m0/s1. The molecule has 0 aromatic heterocycles. The fourth-order valence-corrected chi connectivity index (χ4v) is 2.67. The quantitative estimate of drug-likeness (QED) is 0.859. The summed E-state index contributed by atoms with van der Waals surface area (Å²) in [6.07, 6.45) is -0.328. The lowest BCUT2D eigenvalue weighted by atomic mass is 10.0. The third kappa shape index (κ3) is 3.69. The lowest BCUT2D eigenvalue weighted by molar-refractivity contribution is 0.0291.